The monoisotopic (exact) mass is 307 g/mol. The Morgan fingerprint density at radius 2 is 2.04 bits per heavy atom. The van der Waals surface area contributed by atoms with E-state index in [1.165, 1.54) is 0 Å². The number of hydrogen-bond acceptors (Lipinski definition) is 6. The molecule has 0 saturated heterocycles. The van der Waals surface area contributed by atoms with E-state index in [-0.39, 0.29) is 12.3 Å². The lowest BCUT2D eigenvalue weighted by molar-refractivity contribution is -0.134. The van der Waals surface area contributed by atoms with E-state index in [0.29, 0.717) is 11.3 Å². The molecule has 0 aliphatic carbocycles. The van der Waals surface area contributed by atoms with Crippen molar-refractivity contribution in [3.63, 3.8) is 0 Å². The molecule has 1 aromatic heterocycles. The van der Waals surface area contributed by atoms with Crippen LogP contribution in [0.2, 0.25) is 0 Å². The Labute approximate surface area is 131 Å². The fourth-order valence-corrected chi connectivity index (χ4v) is 2.23. The van der Waals surface area contributed by atoms with Crippen LogP contribution in [0.3, 0.4) is 0 Å². The second-order valence-corrected chi connectivity index (χ2v) is 4.71. The van der Waals surface area contributed by atoms with Gasteiger partial charge in [0, 0.05) is 16.8 Å². The van der Waals surface area contributed by atoms with Gasteiger partial charge in [-0.05, 0) is 25.1 Å². The molecule has 114 valence electrons. The summed E-state index contributed by atoms with van der Waals surface area (Å²) in [5.74, 6) is -0.757. The highest BCUT2D eigenvalue weighted by molar-refractivity contribution is 6.43. The summed E-state index contributed by atoms with van der Waals surface area (Å²) < 4.78 is 10.5. The number of benzene rings is 2. The summed E-state index contributed by atoms with van der Waals surface area (Å²) in [4.78, 5) is 11.5. The van der Waals surface area contributed by atoms with Crippen LogP contribution in [0.1, 0.15) is 6.92 Å². The van der Waals surface area contributed by atoms with E-state index in [0.717, 1.165) is 16.4 Å². The number of nitriles is 1. The van der Waals surface area contributed by atoms with Gasteiger partial charge in [0.25, 0.3) is 0 Å². The highest BCUT2D eigenvalue weighted by Crippen LogP contribution is 2.30. The number of hydrazone groups is 1. The van der Waals surface area contributed by atoms with Gasteiger partial charge in [0.05, 0.1) is 12.3 Å². The normalized spacial score (nSPS) is 11.4. The summed E-state index contributed by atoms with van der Waals surface area (Å²) >= 11 is 0. The minimum atomic E-state index is -0.757. The fraction of sp³-hybridized carbons (Fsp3) is 0.118. The Bertz CT molecular complexity index is 951. The molecule has 0 atom stereocenters. The zero-order chi connectivity index (χ0) is 16.2. The van der Waals surface area contributed by atoms with E-state index in [1.807, 2.05) is 30.3 Å². The first-order valence-corrected chi connectivity index (χ1v) is 7.05. The predicted octanol–water partition coefficient (Wildman–Crippen LogP) is 3.44. The van der Waals surface area contributed by atoms with Crippen LogP contribution < -0.4 is 5.43 Å². The third kappa shape index (κ3) is 2.85. The van der Waals surface area contributed by atoms with Crippen molar-refractivity contribution < 1.29 is 13.9 Å². The van der Waals surface area contributed by atoms with Gasteiger partial charge in [-0.15, -0.1) is 0 Å². The van der Waals surface area contributed by atoms with Crippen LogP contribution in [0.25, 0.3) is 21.9 Å². The summed E-state index contributed by atoms with van der Waals surface area (Å²) in [5, 5.41) is 14.7. The van der Waals surface area contributed by atoms with Gasteiger partial charge in [-0.25, -0.2) is 4.79 Å². The summed E-state index contributed by atoms with van der Waals surface area (Å²) in [6, 6.07) is 14.9. The molecule has 0 amide bonds. The number of rotatable bonds is 4. The Balaban J connectivity index is 1.90. The number of carbonyl (C=O) groups is 1. The lowest BCUT2D eigenvalue weighted by atomic mass is 10.1. The van der Waals surface area contributed by atoms with Crippen LogP contribution in [0, 0.1) is 11.3 Å². The largest absolute Gasteiger partial charge is 0.461 e. The molecule has 2 aromatic carbocycles. The van der Waals surface area contributed by atoms with Gasteiger partial charge in [-0.2, -0.15) is 10.4 Å². The summed E-state index contributed by atoms with van der Waals surface area (Å²) in [5.41, 5.74) is 4.44. The quantitative estimate of drug-likeness (QED) is 0.453. The number of nitrogens with one attached hydrogen (secondary N) is 1. The maximum absolute atomic E-state index is 11.5. The van der Waals surface area contributed by atoms with Gasteiger partial charge in [0.1, 0.15) is 17.2 Å². The van der Waals surface area contributed by atoms with E-state index >= 15 is 0 Å². The van der Waals surface area contributed by atoms with Crippen molar-refractivity contribution in [1.82, 2.24) is 0 Å². The molecule has 0 fully saturated rings. The number of esters is 1. The molecule has 6 nitrogen and oxygen atoms in total. The van der Waals surface area contributed by atoms with Crippen molar-refractivity contribution in [2.45, 2.75) is 6.92 Å². The van der Waals surface area contributed by atoms with Gasteiger partial charge in [-0.3, -0.25) is 5.43 Å². The van der Waals surface area contributed by atoms with Crippen LogP contribution in [0.4, 0.5) is 5.69 Å². The number of ether oxygens (including phenoxy) is 1. The molecular formula is C17H13N3O3. The molecule has 0 radical (unpaired) electrons. The second-order valence-electron chi connectivity index (χ2n) is 4.71. The number of furan rings is 1. The standard InChI is InChI=1S/C17H13N3O3/c1-2-22-17(21)14(10-18)20-19-11-7-8-13-12-5-3-4-6-15(12)23-16(13)9-11/h3-9,19H,2H2,1H3/b20-14+. The predicted molar refractivity (Wildman–Crippen MR) is 87.0 cm³/mol. The number of fused-ring (bicyclic) bond motifs is 3. The Hall–Kier alpha value is -3.33. The number of carbonyl (C=O) groups excluding carboxylic acids is 1. The molecule has 6 heteroatoms. The summed E-state index contributed by atoms with van der Waals surface area (Å²) in [7, 11) is 0. The van der Waals surface area contributed by atoms with E-state index in [1.54, 1.807) is 25.1 Å². The summed E-state index contributed by atoms with van der Waals surface area (Å²) in [6.07, 6.45) is 0. The van der Waals surface area contributed by atoms with Crippen molar-refractivity contribution >= 4 is 39.3 Å². The van der Waals surface area contributed by atoms with Gasteiger partial charge >= 0.3 is 5.97 Å². The number of hydrogen-bond donors (Lipinski definition) is 1. The second kappa shape index (κ2) is 6.20. The highest BCUT2D eigenvalue weighted by atomic mass is 16.5. The third-order valence-corrected chi connectivity index (χ3v) is 3.25. The van der Waals surface area contributed by atoms with Gasteiger partial charge in [0.15, 0.2) is 0 Å². The van der Waals surface area contributed by atoms with Crippen LogP contribution in [-0.4, -0.2) is 18.3 Å². The van der Waals surface area contributed by atoms with Crippen molar-refractivity contribution in [3.8, 4) is 6.07 Å². The van der Waals surface area contributed by atoms with E-state index < -0.39 is 5.97 Å². The van der Waals surface area contributed by atoms with Gasteiger partial charge in [0.2, 0.25) is 5.71 Å². The van der Waals surface area contributed by atoms with Crippen LogP contribution in [0.5, 0.6) is 0 Å². The minimum Gasteiger partial charge on any atom is -0.461 e. The molecule has 3 aromatic rings. The first-order chi connectivity index (χ1) is 11.2. The Morgan fingerprint density at radius 3 is 2.83 bits per heavy atom. The van der Waals surface area contributed by atoms with E-state index in [9.17, 15) is 4.79 Å². The molecule has 0 spiro atoms. The lowest BCUT2D eigenvalue weighted by Crippen LogP contribution is -2.17. The molecular weight excluding hydrogens is 294 g/mol. The molecule has 0 aliphatic rings. The molecule has 23 heavy (non-hydrogen) atoms. The first kappa shape index (κ1) is 14.6. The topological polar surface area (TPSA) is 87.6 Å². The zero-order valence-corrected chi connectivity index (χ0v) is 12.4. The maximum atomic E-state index is 11.5. The lowest BCUT2D eigenvalue weighted by Gasteiger charge is -2.02. The van der Waals surface area contributed by atoms with Crippen molar-refractivity contribution in [3.05, 3.63) is 42.5 Å². The molecule has 3 rings (SSSR count). The smallest absolute Gasteiger partial charge is 0.369 e. The van der Waals surface area contributed by atoms with Crippen molar-refractivity contribution in [1.29, 1.82) is 5.26 Å². The van der Waals surface area contributed by atoms with E-state index in [2.05, 4.69) is 10.5 Å². The summed E-state index contributed by atoms with van der Waals surface area (Å²) in [6.45, 7) is 1.85. The van der Waals surface area contributed by atoms with Gasteiger partial charge in [-0.1, -0.05) is 18.2 Å². The number of anilines is 1. The van der Waals surface area contributed by atoms with Crippen molar-refractivity contribution in [2.75, 3.05) is 12.0 Å². The van der Waals surface area contributed by atoms with Crippen molar-refractivity contribution in [2.24, 2.45) is 5.10 Å². The minimum absolute atomic E-state index is 0.185. The fourth-order valence-electron chi connectivity index (χ4n) is 2.23. The van der Waals surface area contributed by atoms with Crippen LogP contribution in [0.15, 0.2) is 52.0 Å². The van der Waals surface area contributed by atoms with E-state index in [4.69, 9.17) is 14.4 Å². The average Bonchev–Trinajstić information content (AvgIpc) is 2.93. The van der Waals surface area contributed by atoms with Crippen LogP contribution in [-0.2, 0) is 9.53 Å². The Kier molecular flexibility index (Phi) is 3.93. The van der Waals surface area contributed by atoms with Gasteiger partial charge < -0.3 is 9.15 Å². The van der Waals surface area contributed by atoms with Crippen LogP contribution >= 0.6 is 0 Å². The SMILES string of the molecule is CCOC(=O)/C(C#N)=N/Nc1ccc2c(c1)oc1ccccc12. The molecule has 0 aliphatic heterocycles. The molecule has 0 unspecified atom stereocenters. The molecule has 0 saturated carbocycles. The first-order valence-electron chi connectivity index (χ1n) is 7.05. The third-order valence-electron chi connectivity index (χ3n) is 3.25. The number of nitrogens with zero attached hydrogens (tertiary/aromatic N) is 2. The zero-order valence-electron chi connectivity index (χ0n) is 12.4. The highest BCUT2D eigenvalue weighted by Gasteiger charge is 2.12. The maximum Gasteiger partial charge on any atom is 0.369 e. The average molecular weight is 307 g/mol. The molecule has 0 bridgehead atoms. The molecule has 1 N–H and O–H groups in total. The molecule has 1 heterocycles. The Morgan fingerprint density at radius 1 is 1.26 bits per heavy atom. The number of para-hydroxylation sites is 1.